The molecule has 5 nitrogen and oxygen atoms in total. The van der Waals surface area contributed by atoms with Gasteiger partial charge in [-0.05, 0) is 36.1 Å². The molecule has 142 valence electrons. The molecule has 2 atom stereocenters. The van der Waals surface area contributed by atoms with Crippen molar-refractivity contribution >= 4 is 11.8 Å². The number of methoxy groups -OCH3 is 1. The van der Waals surface area contributed by atoms with Crippen LogP contribution in [-0.2, 0) is 32.1 Å². The van der Waals surface area contributed by atoms with Gasteiger partial charge in [0.25, 0.3) is 0 Å². The van der Waals surface area contributed by atoms with Crippen LogP contribution in [0.4, 0.5) is 0 Å². The molecule has 0 fully saturated rings. The van der Waals surface area contributed by atoms with Gasteiger partial charge in [-0.1, -0.05) is 54.0 Å². The summed E-state index contributed by atoms with van der Waals surface area (Å²) in [6.07, 6.45) is 5.09. The number of carbonyl (C=O) groups is 2. The summed E-state index contributed by atoms with van der Waals surface area (Å²) in [6.45, 7) is 0.232. The van der Waals surface area contributed by atoms with Crippen molar-refractivity contribution in [3.63, 3.8) is 0 Å². The van der Waals surface area contributed by atoms with E-state index in [1.165, 1.54) is 13.2 Å². The monoisotopic (exact) mass is 376 g/mol. The zero-order valence-electron chi connectivity index (χ0n) is 15.5. The summed E-state index contributed by atoms with van der Waals surface area (Å²) < 4.78 is 10.6. The number of fused-ring (bicyclic) bond motifs is 2. The third-order valence-corrected chi connectivity index (χ3v) is 4.55. The van der Waals surface area contributed by atoms with Gasteiger partial charge in [0.2, 0.25) is 5.78 Å². The second-order valence-corrected chi connectivity index (χ2v) is 6.54. The molecular weight excluding hydrogens is 356 g/mol. The van der Waals surface area contributed by atoms with Gasteiger partial charge in [-0.15, -0.1) is 0 Å². The molecule has 1 N–H and O–H groups in total. The quantitative estimate of drug-likeness (QED) is 0.628. The maximum Gasteiger partial charge on any atom is 0.309 e. The number of ketones is 1. The van der Waals surface area contributed by atoms with E-state index in [0.29, 0.717) is 12.0 Å². The fourth-order valence-electron chi connectivity index (χ4n) is 2.98. The number of hydrogen-bond donors (Lipinski definition) is 1. The number of allylic oxidation sites excluding steroid dienone is 3. The molecule has 2 aliphatic rings. The van der Waals surface area contributed by atoms with Crippen molar-refractivity contribution in [1.82, 2.24) is 0 Å². The highest BCUT2D eigenvalue weighted by Gasteiger charge is 2.40. The predicted molar refractivity (Wildman–Crippen MR) is 103 cm³/mol. The zero-order valence-corrected chi connectivity index (χ0v) is 15.5. The summed E-state index contributed by atoms with van der Waals surface area (Å²) in [5, 5.41) is 10.6. The zero-order chi connectivity index (χ0) is 20.0. The summed E-state index contributed by atoms with van der Waals surface area (Å²) in [7, 11) is 1.36. The number of esters is 1. The van der Waals surface area contributed by atoms with Crippen molar-refractivity contribution in [2.45, 2.75) is 37.6 Å². The van der Waals surface area contributed by atoms with Crippen molar-refractivity contribution < 1.29 is 24.2 Å². The summed E-state index contributed by atoms with van der Waals surface area (Å²) in [6, 6.07) is 7.36. The molecule has 1 aromatic rings. The van der Waals surface area contributed by atoms with Crippen LogP contribution in [0.25, 0.3) is 0 Å². The highest BCUT2D eigenvalue weighted by atomic mass is 16.5. The van der Waals surface area contributed by atoms with E-state index >= 15 is 0 Å². The van der Waals surface area contributed by atoms with E-state index < -0.39 is 17.5 Å². The van der Waals surface area contributed by atoms with Gasteiger partial charge >= 0.3 is 5.97 Å². The Morgan fingerprint density at radius 3 is 2.68 bits per heavy atom. The molecule has 0 saturated heterocycles. The minimum absolute atomic E-state index is 0.207. The number of aliphatic hydroxyl groups is 1. The van der Waals surface area contributed by atoms with E-state index in [4.69, 9.17) is 4.74 Å². The van der Waals surface area contributed by atoms with Crippen LogP contribution in [0.5, 0.6) is 0 Å². The average molecular weight is 376 g/mol. The minimum atomic E-state index is -1.69. The standard InChI is InChI=1S/C23H20O5/c1-27-21(24)15-17-9-11-18(12-10-17)16-28-20-8-4-2-3-5-13-23(26)14-6-7-19(20)22(23)25/h2-3,7,9-12,20,26H,6,14-16H2,1H3. The Kier molecular flexibility index (Phi) is 6.11. The summed E-state index contributed by atoms with van der Waals surface area (Å²) in [5.74, 6) is 10.3. The number of benzene rings is 1. The van der Waals surface area contributed by atoms with Crippen LogP contribution in [0.3, 0.4) is 0 Å². The van der Waals surface area contributed by atoms with Gasteiger partial charge < -0.3 is 14.6 Å². The van der Waals surface area contributed by atoms with Crippen LogP contribution in [0.1, 0.15) is 24.0 Å². The molecule has 0 spiro atoms. The Labute approximate surface area is 164 Å². The second kappa shape index (κ2) is 8.71. The highest BCUT2D eigenvalue weighted by molar-refractivity contribution is 6.06. The summed E-state index contributed by atoms with van der Waals surface area (Å²) >= 11 is 0. The van der Waals surface area contributed by atoms with Crippen LogP contribution < -0.4 is 0 Å². The van der Waals surface area contributed by atoms with Crippen molar-refractivity contribution in [2.75, 3.05) is 7.11 Å². The van der Waals surface area contributed by atoms with Gasteiger partial charge in [0.1, 0.15) is 6.10 Å². The lowest BCUT2D eigenvalue weighted by atomic mass is 9.81. The van der Waals surface area contributed by atoms with E-state index in [-0.39, 0.29) is 25.4 Å². The van der Waals surface area contributed by atoms with E-state index in [0.717, 1.165) is 11.1 Å². The molecule has 0 aliphatic heterocycles. The molecule has 3 rings (SSSR count). The molecule has 2 bridgehead atoms. The van der Waals surface area contributed by atoms with Crippen molar-refractivity contribution in [3.05, 3.63) is 59.2 Å². The molecule has 2 aliphatic carbocycles. The minimum Gasteiger partial charge on any atom is -0.469 e. The van der Waals surface area contributed by atoms with Crippen molar-refractivity contribution in [3.8, 4) is 23.7 Å². The Morgan fingerprint density at radius 1 is 1.21 bits per heavy atom. The Morgan fingerprint density at radius 2 is 1.93 bits per heavy atom. The average Bonchev–Trinajstić information content (AvgIpc) is 2.69. The molecule has 0 saturated carbocycles. The van der Waals surface area contributed by atoms with Gasteiger partial charge in [0.15, 0.2) is 5.60 Å². The Hall–Kier alpha value is -3.12. The number of Topliss-reactive ketones (excluding diaryl/α,β-unsaturated/α-hetero) is 1. The lowest BCUT2D eigenvalue weighted by Crippen LogP contribution is -2.43. The number of ether oxygens (including phenoxy) is 2. The molecule has 0 radical (unpaired) electrons. The topological polar surface area (TPSA) is 72.8 Å². The van der Waals surface area contributed by atoms with Gasteiger partial charge in [-0.3, -0.25) is 9.59 Å². The van der Waals surface area contributed by atoms with E-state index in [9.17, 15) is 14.7 Å². The summed E-state index contributed by atoms with van der Waals surface area (Å²) in [4.78, 5) is 24.1. The smallest absolute Gasteiger partial charge is 0.309 e. The largest absolute Gasteiger partial charge is 0.469 e. The first-order valence-corrected chi connectivity index (χ1v) is 8.94. The lowest BCUT2D eigenvalue weighted by molar-refractivity contribution is -0.139. The second-order valence-electron chi connectivity index (χ2n) is 6.54. The molecule has 2 unspecified atom stereocenters. The molecule has 0 heterocycles. The van der Waals surface area contributed by atoms with Crippen LogP contribution in [0.2, 0.25) is 0 Å². The maximum atomic E-state index is 12.7. The van der Waals surface area contributed by atoms with E-state index in [1.807, 2.05) is 24.3 Å². The highest BCUT2D eigenvalue weighted by Crippen LogP contribution is 2.28. The first kappa shape index (κ1) is 19.6. The van der Waals surface area contributed by atoms with Gasteiger partial charge in [-0.25, -0.2) is 0 Å². The van der Waals surface area contributed by atoms with Crippen molar-refractivity contribution in [1.29, 1.82) is 0 Å². The van der Waals surface area contributed by atoms with E-state index in [2.05, 4.69) is 28.4 Å². The predicted octanol–water partition coefficient (Wildman–Crippen LogP) is 1.88. The Bertz CT molecular complexity index is 947. The first-order chi connectivity index (χ1) is 13.5. The number of hydrogen-bond acceptors (Lipinski definition) is 5. The lowest BCUT2D eigenvalue weighted by Gasteiger charge is -2.28. The van der Waals surface area contributed by atoms with Crippen LogP contribution in [0.15, 0.2) is 48.1 Å². The van der Waals surface area contributed by atoms with Gasteiger partial charge in [0.05, 0.1) is 20.1 Å². The van der Waals surface area contributed by atoms with Crippen LogP contribution >= 0.6 is 0 Å². The fraction of sp³-hybridized carbons (Fsp3) is 0.304. The third-order valence-electron chi connectivity index (χ3n) is 4.55. The molecular formula is C23H20O5. The number of rotatable bonds is 5. The molecule has 0 amide bonds. The first-order valence-electron chi connectivity index (χ1n) is 8.94. The Balaban J connectivity index is 1.74. The van der Waals surface area contributed by atoms with Crippen molar-refractivity contribution in [2.24, 2.45) is 0 Å². The van der Waals surface area contributed by atoms with Crippen LogP contribution in [-0.4, -0.2) is 35.7 Å². The van der Waals surface area contributed by atoms with Crippen LogP contribution in [0, 0.1) is 23.7 Å². The molecule has 28 heavy (non-hydrogen) atoms. The third kappa shape index (κ3) is 4.58. The number of carbonyl (C=O) groups excluding carboxylic acids is 2. The SMILES string of the molecule is COC(=O)Cc1ccc(COC2C#CC=CC#CC3(O)CCC=C2C3=O)cc1. The van der Waals surface area contributed by atoms with E-state index in [1.54, 1.807) is 12.2 Å². The summed E-state index contributed by atoms with van der Waals surface area (Å²) in [5.41, 5.74) is 0.369. The maximum absolute atomic E-state index is 12.7. The van der Waals surface area contributed by atoms with Gasteiger partial charge in [0, 0.05) is 5.57 Å². The molecule has 5 heteroatoms. The normalized spacial score (nSPS) is 22.9. The fourth-order valence-corrected chi connectivity index (χ4v) is 2.98. The molecule has 0 aromatic heterocycles. The molecule has 1 aromatic carbocycles. The van der Waals surface area contributed by atoms with Gasteiger partial charge in [-0.2, -0.15) is 0 Å².